The Kier molecular flexibility index (Phi) is 3.36. The van der Waals surface area contributed by atoms with Gasteiger partial charge >= 0.3 is 0 Å². The Morgan fingerprint density at radius 3 is 1.59 bits per heavy atom. The van der Waals surface area contributed by atoms with Crippen LogP contribution in [0.3, 0.4) is 0 Å². The maximum Gasteiger partial charge on any atom is 0.253 e. The topological polar surface area (TPSA) is 74.8 Å². The number of hydrogen-bond acceptors (Lipinski definition) is 4. The van der Waals surface area contributed by atoms with Crippen molar-refractivity contribution in [2.24, 2.45) is 5.41 Å². The van der Waals surface area contributed by atoms with Crippen LogP contribution in [-0.4, -0.2) is 46.5 Å². The Morgan fingerprint density at radius 1 is 0.773 bits per heavy atom. The van der Waals surface area contributed by atoms with E-state index < -0.39 is 5.41 Å². The molecule has 0 radical (unpaired) electrons. The molecule has 3 aliphatic rings. The summed E-state index contributed by atoms with van der Waals surface area (Å²) >= 11 is 0. The lowest BCUT2D eigenvalue weighted by atomic mass is 9.80. The van der Waals surface area contributed by atoms with Gasteiger partial charge in [0.2, 0.25) is 0 Å². The van der Waals surface area contributed by atoms with Crippen molar-refractivity contribution in [1.29, 1.82) is 0 Å². The first-order valence-electron chi connectivity index (χ1n) is 6.92. The van der Waals surface area contributed by atoms with E-state index in [4.69, 9.17) is 0 Å². The summed E-state index contributed by atoms with van der Waals surface area (Å²) in [6.07, 6.45) is 12.9. The summed E-state index contributed by atoms with van der Waals surface area (Å²) in [7, 11) is 0. The third kappa shape index (κ3) is 2.43. The van der Waals surface area contributed by atoms with Crippen LogP contribution in [0.15, 0.2) is 48.6 Å². The molecule has 6 heteroatoms. The first-order valence-corrected chi connectivity index (χ1v) is 6.92. The molecule has 0 unspecified atom stereocenters. The molecule has 112 valence electrons. The SMILES string of the molecule is O=C1C=CC(=O)N1CC1(CN2C(=O)C=CC2=O)C=CC=CC1. The molecule has 4 amide bonds. The van der Waals surface area contributed by atoms with E-state index in [2.05, 4.69) is 0 Å². The smallest absolute Gasteiger partial charge is 0.253 e. The Labute approximate surface area is 127 Å². The molecule has 0 aromatic rings. The second kappa shape index (κ2) is 5.22. The van der Waals surface area contributed by atoms with Crippen molar-refractivity contribution in [1.82, 2.24) is 9.80 Å². The average molecular weight is 298 g/mol. The standard InChI is InChI=1S/C16H14N2O4/c19-12-4-5-13(20)17(12)10-16(8-2-1-3-9-16)11-18-14(21)6-7-15(18)22/h1-8H,9-11H2. The zero-order valence-electron chi connectivity index (χ0n) is 11.8. The quantitative estimate of drug-likeness (QED) is 0.701. The summed E-state index contributed by atoms with van der Waals surface area (Å²) in [5, 5.41) is 0. The molecule has 0 saturated carbocycles. The van der Waals surface area contributed by atoms with Gasteiger partial charge in [0.25, 0.3) is 23.6 Å². The largest absolute Gasteiger partial charge is 0.274 e. The van der Waals surface area contributed by atoms with Crippen molar-refractivity contribution in [2.45, 2.75) is 6.42 Å². The van der Waals surface area contributed by atoms with Crippen LogP contribution in [0.5, 0.6) is 0 Å². The highest BCUT2D eigenvalue weighted by atomic mass is 16.2. The molecule has 0 saturated heterocycles. The molecule has 0 aromatic carbocycles. The van der Waals surface area contributed by atoms with Gasteiger partial charge in [-0.25, -0.2) is 0 Å². The van der Waals surface area contributed by atoms with Crippen molar-refractivity contribution in [3.8, 4) is 0 Å². The number of carbonyl (C=O) groups is 4. The predicted molar refractivity (Wildman–Crippen MR) is 77.1 cm³/mol. The molecule has 0 atom stereocenters. The number of rotatable bonds is 4. The van der Waals surface area contributed by atoms with Crippen molar-refractivity contribution >= 4 is 23.6 Å². The lowest BCUT2D eigenvalue weighted by Crippen LogP contribution is -2.48. The molecule has 1 aliphatic carbocycles. The monoisotopic (exact) mass is 298 g/mol. The third-order valence-corrected chi connectivity index (χ3v) is 3.97. The Bertz CT molecular complexity index is 604. The number of imide groups is 2. The minimum absolute atomic E-state index is 0.134. The van der Waals surface area contributed by atoms with E-state index in [1.54, 1.807) is 6.08 Å². The fraction of sp³-hybridized carbons (Fsp3) is 0.250. The van der Waals surface area contributed by atoms with Gasteiger partial charge in [-0.2, -0.15) is 0 Å². The van der Waals surface area contributed by atoms with Gasteiger partial charge in [-0.05, 0) is 6.42 Å². The van der Waals surface area contributed by atoms with Crippen molar-refractivity contribution in [3.05, 3.63) is 48.6 Å². The van der Waals surface area contributed by atoms with Gasteiger partial charge in [0.05, 0.1) is 0 Å². The second-order valence-electron chi connectivity index (χ2n) is 5.55. The summed E-state index contributed by atoms with van der Waals surface area (Å²) in [4.78, 5) is 49.4. The summed E-state index contributed by atoms with van der Waals surface area (Å²) in [6.45, 7) is 0.269. The van der Waals surface area contributed by atoms with Gasteiger partial charge in [-0.3, -0.25) is 29.0 Å². The van der Waals surface area contributed by atoms with Gasteiger partial charge in [0, 0.05) is 42.8 Å². The fourth-order valence-corrected chi connectivity index (χ4v) is 2.80. The van der Waals surface area contributed by atoms with Crippen LogP contribution >= 0.6 is 0 Å². The van der Waals surface area contributed by atoms with E-state index in [1.165, 1.54) is 24.3 Å². The van der Waals surface area contributed by atoms with E-state index in [1.807, 2.05) is 18.2 Å². The molecule has 22 heavy (non-hydrogen) atoms. The molecule has 3 rings (SSSR count). The predicted octanol–water partition coefficient (Wildman–Crippen LogP) is 0.339. The minimum Gasteiger partial charge on any atom is -0.274 e. The van der Waals surface area contributed by atoms with E-state index in [9.17, 15) is 19.2 Å². The molecule has 2 heterocycles. The number of hydrogen-bond donors (Lipinski definition) is 0. The molecule has 6 nitrogen and oxygen atoms in total. The van der Waals surface area contributed by atoms with E-state index >= 15 is 0 Å². The van der Waals surface area contributed by atoms with Crippen molar-refractivity contribution < 1.29 is 19.2 Å². The lowest BCUT2D eigenvalue weighted by Gasteiger charge is -2.36. The highest BCUT2D eigenvalue weighted by molar-refractivity contribution is 6.13. The summed E-state index contributed by atoms with van der Waals surface area (Å²) in [6, 6.07) is 0. The van der Waals surface area contributed by atoms with E-state index in [-0.39, 0.29) is 36.7 Å². The number of carbonyl (C=O) groups excluding carboxylic acids is 4. The number of amides is 4. The highest BCUT2D eigenvalue weighted by Crippen LogP contribution is 2.32. The first kappa shape index (κ1) is 14.2. The first-order chi connectivity index (χ1) is 10.5. The van der Waals surface area contributed by atoms with Crippen molar-refractivity contribution in [3.63, 3.8) is 0 Å². The van der Waals surface area contributed by atoms with Crippen LogP contribution in [0.25, 0.3) is 0 Å². The van der Waals surface area contributed by atoms with Gasteiger partial charge in [-0.1, -0.05) is 24.3 Å². The summed E-state index contributed by atoms with van der Waals surface area (Å²) in [5.41, 5.74) is -0.649. The molecule has 0 spiro atoms. The van der Waals surface area contributed by atoms with Gasteiger partial charge < -0.3 is 0 Å². The van der Waals surface area contributed by atoms with Crippen LogP contribution in [-0.2, 0) is 19.2 Å². The van der Waals surface area contributed by atoms with Gasteiger partial charge in [-0.15, -0.1) is 0 Å². The highest BCUT2D eigenvalue weighted by Gasteiger charge is 2.39. The summed E-state index contributed by atoms with van der Waals surface area (Å²) < 4.78 is 0. The molecule has 0 bridgehead atoms. The zero-order valence-corrected chi connectivity index (χ0v) is 11.8. The van der Waals surface area contributed by atoms with Crippen LogP contribution < -0.4 is 0 Å². The molecule has 0 aromatic heterocycles. The van der Waals surface area contributed by atoms with Crippen molar-refractivity contribution in [2.75, 3.05) is 13.1 Å². The maximum absolute atomic E-state index is 11.8. The molecular weight excluding hydrogens is 284 g/mol. The van der Waals surface area contributed by atoms with Crippen LogP contribution in [0.4, 0.5) is 0 Å². The number of allylic oxidation sites excluding steroid dienone is 3. The van der Waals surface area contributed by atoms with Crippen LogP contribution in [0.2, 0.25) is 0 Å². The summed E-state index contributed by atoms with van der Waals surface area (Å²) in [5.74, 6) is -1.48. The van der Waals surface area contributed by atoms with Gasteiger partial charge in [0.15, 0.2) is 0 Å². The second-order valence-corrected chi connectivity index (χ2v) is 5.55. The van der Waals surface area contributed by atoms with E-state index in [0.717, 1.165) is 9.80 Å². The zero-order chi connectivity index (χ0) is 15.7. The normalized spacial score (nSPS) is 22.5. The average Bonchev–Trinajstić information content (AvgIpc) is 2.98. The van der Waals surface area contributed by atoms with E-state index in [0.29, 0.717) is 6.42 Å². The molecule has 0 N–H and O–H groups in total. The Balaban J connectivity index is 1.83. The van der Waals surface area contributed by atoms with Crippen LogP contribution in [0, 0.1) is 5.41 Å². The Morgan fingerprint density at radius 2 is 1.23 bits per heavy atom. The lowest BCUT2D eigenvalue weighted by molar-refractivity contribution is -0.139. The molecule has 0 fully saturated rings. The van der Waals surface area contributed by atoms with Gasteiger partial charge in [0.1, 0.15) is 0 Å². The molecular formula is C16H14N2O4. The Hall–Kier alpha value is -2.76. The van der Waals surface area contributed by atoms with Crippen LogP contribution in [0.1, 0.15) is 6.42 Å². The molecule has 2 aliphatic heterocycles. The third-order valence-electron chi connectivity index (χ3n) is 3.97. The minimum atomic E-state index is -0.649. The number of nitrogens with zero attached hydrogens (tertiary/aromatic N) is 2. The maximum atomic E-state index is 11.8. The fourth-order valence-electron chi connectivity index (χ4n) is 2.80.